The molecule has 0 unspecified atom stereocenters. The average molecular weight is 189 g/mol. The largest absolute Gasteiger partial charge is 0.316 e. The minimum atomic E-state index is 0.867. The Bertz CT molecular complexity index is 457. The molecule has 2 aromatic heterocycles. The summed E-state index contributed by atoms with van der Waals surface area (Å²) in [7, 11) is 1.95. The predicted octanol–water partition coefficient (Wildman–Crippen LogP) is 1.67. The molecule has 2 heterocycles. The normalized spacial score (nSPS) is 11.1. The van der Waals surface area contributed by atoms with Gasteiger partial charge in [0.25, 0.3) is 0 Å². The Balaban J connectivity index is 2.66. The minimum absolute atomic E-state index is 0.867. The van der Waals surface area contributed by atoms with Gasteiger partial charge in [0, 0.05) is 29.7 Å². The van der Waals surface area contributed by atoms with Crippen LogP contribution in [0.15, 0.2) is 18.3 Å². The molecule has 74 valence electrons. The Kier molecular flexibility index (Phi) is 2.25. The molecule has 14 heavy (non-hydrogen) atoms. The number of hydrogen-bond donors (Lipinski definition) is 1. The van der Waals surface area contributed by atoms with E-state index in [0.717, 1.165) is 17.9 Å². The second-order valence-corrected chi connectivity index (χ2v) is 3.60. The van der Waals surface area contributed by atoms with Crippen LogP contribution in [0.2, 0.25) is 0 Å². The molecule has 0 aliphatic rings. The summed E-state index contributed by atoms with van der Waals surface area (Å²) in [6.07, 6.45) is 2.07. The second kappa shape index (κ2) is 3.42. The summed E-state index contributed by atoms with van der Waals surface area (Å²) in [4.78, 5) is 4.54. The quantitative estimate of drug-likeness (QED) is 0.778. The summed E-state index contributed by atoms with van der Waals surface area (Å²) >= 11 is 0. The molecule has 0 saturated heterocycles. The van der Waals surface area contributed by atoms with Gasteiger partial charge in [0.1, 0.15) is 5.65 Å². The summed E-state index contributed by atoms with van der Waals surface area (Å²) in [6.45, 7) is 5.00. The van der Waals surface area contributed by atoms with Gasteiger partial charge in [-0.2, -0.15) is 0 Å². The molecule has 0 fully saturated rings. The maximum absolute atomic E-state index is 4.54. The maximum atomic E-state index is 4.54. The smallest absolute Gasteiger partial charge is 0.141 e. The molecule has 3 heteroatoms. The highest BCUT2D eigenvalue weighted by molar-refractivity contribution is 5.50. The van der Waals surface area contributed by atoms with E-state index < -0.39 is 0 Å². The monoisotopic (exact) mass is 189 g/mol. The van der Waals surface area contributed by atoms with Gasteiger partial charge in [-0.15, -0.1) is 0 Å². The van der Waals surface area contributed by atoms with Crippen molar-refractivity contribution < 1.29 is 0 Å². The summed E-state index contributed by atoms with van der Waals surface area (Å²) in [5, 5.41) is 3.15. The zero-order chi connectivity index (χ0) is 10.1. The number of aryl methyl sites for hydroxylation is 2. The summed E-state index contributed by atoms with van der Waals surface area (Å²) in [6, 6.07) is 4.21. The highest BCUT2D eigenvalue weighted by Gasteiger charge is 2.04. The molecule has 0 bridgehead atoms. The molecular weight excluding hydrogens is 174 g/mol. The molecule has 0 spiro atoms. The first-order valence-corrected chi connectivity index (χ1v) is 4.81. The fourth-order valence-corrected chi connectivity index (χ4v) is 1.77. The Labute approximate surface area is 83.8 Å². The van der Waals surface area contributed by atoms with Crippen LogP contribution in [0, 0.1) is 13.8 Å². The standard InChI is InChI=1S/C11H15N3/c1-8-6-9(2)14-5-4-10(7-12-3)11(14)13-8/h4-6,12H,7H2,1-3H3. The van der Waals surface area contributed by atoms with Gasteiger partial charge in [0.2, 0.25) is 0 Å². The predicted molar refractivity (Wildman–Crippen MR) is 57.4 cm³/mol. The van der Waals surface area contributed by atoms with E-state index >= 15 is 0 Å². The molecule has 0 radical (unpaired) electrons. The fraction of sp³-hybridized carbons (Fsp3) is 0.364. The van der Waals surface area contributed by atoms with Crippen molar-refractivity contribution in [3.63, 3.8) is 0 Å². The van der Waals surface area contributed by atoms with Gasteiger partial charge in [-0.3, -0.25) is 0 Å². The third kappa shape index (κ3) is 1.40. The van der Waals surface area contributed by atoms with Gasteiger partial charge in [-0.25, -0.2) is 4.98 Å². The molecule has 3 nitrogen and oxygen atoms in total. The van der Waals surface area contributed by atoms with Crippen LogP contribution >= 0.6 is 0 Å². The lowest BCUT2D eigenvalue weighted by molar-refractivity contribution is 0.820. The molecule has 2 aromatic rings. The average Bonchev–Trinajstić information content (AvgIpc) is 2.49. The molecule has 0 amide bonds. The Morgan fingerprint density at radius 3 is 2.93 bits per heavy atom. The summed E-state index contributed by atoms with van der Waals surface area (Å²) < 4.78 is 2.12. The second-order valence-electron chi connectivity index (χ2n) is 3.60. The zero-order valence-electron chi connectivity index (χ0n) is 8.83. The molecule has 2 rings (SSSR count). The first kappa shape index (κ1) is 9.21. The number of aromatic nitrogens is 2. The van der Waals surface area contributed by atoms with E-state index in [1.54, 1.807) is 0 Å². The van der Waals surface area contributed by atoms with Crippen LogP contribution in [0.4, 0.5) is 0 Å². The lowest BCUT2D eigenvalue weighted by Crippen LogP contribution is -2.05. The van der Waals surface area contributed by atoms with E-state index in [1.165, 1.54) is 11.3 Å². The van der Waals surface area contributed by atoms with E-state index in [0.29, 0.717) is 0 Å². The molecule has 0 atom stereocenters. The van der Waals surface area contributed by atoms with Crippen LogP contribution in [0.1, 0.15) is 17.0 Å². The van der Waals surface area contributed by atoms with E-state index in [9.17, 15) is 0 Å². The Morgan fingerprint density at radius 1 is 1.43 bits per heavy atom. The molecule has 0 aromatic carbocycles. The molecule has 1 N–H and O–H groups in total. The third-order valence-corrected chi connectivity index (χ3v) is 2.39. The number of nitrogens with zero attached hydrogens (tertiary/aromatic N) is 2. The van der Waals surface area contributed by atoms with Crippen LogP contribution in [0.3, 0.4) is 0 Å². The van der Waals surface area contributed by atoms with E-state index in [4.69, 9.17) is 0 Å². The minimum Gasteiger partial charge on any atom is -0.316 e. The van der Waals surface area contributed by atoms with E-state index in [2.05, 4.69) is 40.0 Å². The van der Waals surface area contributed by atoms with Crippen molar-refractivity contribution in [3.05, 3.63) is 35.3 Å². The van der Waals surface area contributed by atoms with Crippen molar-refractivity contribution in [3.8, 4) is 0 Å². The van der Waals surface area contributed by atoms with Crippen molar-refractivity contribution in [2.24, 2.45) is 0 Å². The summed E-state index contributed by atoms with van der Waals surface area (Å²) in [5.74, 6) is 0. The highest BCUT2D eigenvalue weighted by Crippen LogP contribution is 2.13. The lowest BCUT2D eigenvalue weighted by Gasteiger charge is -2.03. The fourth-order valence-electron chi connectivity index (χ4n) is 1.77. The van der Waals surface area contributed by atoms with Crippen LogP contribution in [-0.2, 0) is 6.54 Å². The van der Waals surface area contributed by atoms with Crippen molar-refractivity contribution in [2.45, 2.75) is 20.4 Å². The number of hydrogen-bond acceptors (Lipinski definition) is 2. The van der Waals surface area contributed by atoms with Crippen molar-refractivity contribution in [2.75, 3.05) is 7.05 Å². The maximum Gasteiger partial charge on any atom is 0.141 e. The van der Waals surface area contributed by atoms with Crippen molar-refractivity contribution >= 4 is 5.65 Å². The number of fused-ring (bicyclic) bond motifs is 1. The first-order valence-electron chi connectivity index (χ1n) is 4.81. The Hall–Kier alpha value is -1.35. The SMILES string of the molecule is CNCc1ccn2c(C)cc(C)nc12. The van der Waals surface area contributed by atoms with Gasteiger partial charge < -0.3 is 9.72 Å². The summed E-state index contributed by atoms with van der Waals surface area (Å²) in [5.41, 5.74) is 4.62. The number of rotatable bonds is 2. The topological polar surface area (TPSA) is 29.3 Å². The number of nitrogens with one attached hydrogen (secondary N) is 1. The van der Waals surface area contributed by atoms with Gasteiger partial charge in [0.15, 0.2) is 0 Å². The van der Waals surface area contributed by atoms with E-state index in [-0.39, 0.29) is 0 Å². The highest BCUT2D eigenvalue weighted by atomic mass is 15.0. The van der Waals surface area contributed by atoms with Crippen LogP contribution in [0.25, 0.3) is 5.65 Å². The molecule has 0 saturated carbocycles. The van der Waals surface area contributed by atoms with Crippen LogP contribution in [0.5, 0.6) is 0 Å². The lowest BCUT2D eigenvalue weighted by atomic mass is 10.3. The van der Waals surface area contributed by atoms with Gasteiger partial charge in [-0.1, -0.05) is 0 Å². The van der Waals surface area contributed by atoms with Crippen LogP contribution < -0.4 is 5.32 Å². The van der Waals surface area contributed by atoms with Gasteiger partial charge in [-0.05, 0) is 33.0 Å². The van der Waals surface area contributed by atoms with Gasteiger partial charge >= 0.3 is 0 Å². The van der Waals surface area contributed by atoms with Crippen LogP contribution in [-0.4, -0.2) is 16.4 Å². The molecular formula is C11H15N3. The first-order chi connectivity index (χ1) is 6.72. The van der Waals surface area contributed by atoms with Gasteiger partial charge in [0.05, 0.1) is 0 Å². The van der Waals surface area contributed by atoms with Crippen molar-refractivity contribution in [1.29, 1.82) is 0 Å². The van der Waals surface area contributed by atoms with Crippen molar-refractivity contribution in [1.82, 2.24) is 14.7 Å². The Morgan fingerprint density at radius 2 is 2.21 bits per heavy atom. The molecule has 0 aliphatic heterocycles. The zero-order valence-corrected chi connectivity index (χ0v) is 8.83. The van der Waals surface area contributed by atoms with E-state index in [1.807, 2.05) is 14.0 Å². The third-order valence-electron chi connectivity index (χ3n) is 2.39. The molecule has 0 aliphatic carbocycles.